The van der Waals surface area contributed by atoms with Gasteiger partial charge in [-0.05, 0) is 12.1 Å². The van der Waals surface area contributed by atoms with Crippen LogP contribution in [0.3, 0.4) is 0 Å². The van der Waals surface area contributed by atoms with Gasteiger partial charge in [0.1, 0.15) is 5.82 Å². The quantitative estimate of drug-likeness (QED) is 0.786. The van der Waals surface area contributed by atoms with Gasteiger partial charge in [-0.1, -0.05) is 17.7 Å². The Morgan fingerprint density at radius 2 is 1.89 bits per heavy atom. The Morgan fingerprint density at radius 3 is 2.50 bits per heavy atom. The van der Waals surface area contributed by atoms with Crippen LogP contribution in [0, 0.1) is 17.1 Å². The molecule has 3 nitrogen and oxygen atoms in total. The molecule has 1 heterocycles. The van der Waals surface area contributed by atoms with Crippen LogP contribution < -0.4 is 0 Å². The monoisotopic (exact) mass is 267 g/mol. The second-order valence-electron chi connectivity index (χ2n) is 4.45. The molecule has 1 aromatic carbocycles. The lowest BCUT2D eigenvalue weighted by Gasteiger charge is -2.33. The molecule has 1 aromatic rings. The third-order valence-corrected chi connectivity index (χ3v) is 3.40. The second kappa shape index (κ2) is 6.14. The van der Waals surface area contributed by atoms with Crippen LogP contribution in [0.2, 0.25) is 5.02 Å². The van der Waals surface area contributed by atoms with Crippen molar-refractivity contribution < 1.29 is 4.39 Å². The Labute approximate surface area is 111 Å². The predicted molar refractivity (Wildman–Crippen MR) is 68.7 cm³/mol. The third kappa shape index (κ3) is 3.42. The van der Waals surface area contributed by atoms with Gasteiger partial charge in [-0.3, -0.25) is 9.80 Å². The highest BCUT2D eigenvalue weighted by Gasteiger charge is 2.17. The molecule has 0 spiro atoms. The molecule has 1 aliphatic rings. The molecule has 96 valence electrons. The smallest absolute Gasteiger partial charge is 0.129 e. The number of hydrogen-bond acceptors (Lipinski definition) is 3. The van der Waals surface area contributed by atoms with Crippen molar-refractivity contribution in [2.45, 2.75) is 6.54 Å². The zero-order valence-corrected chi connectivity index (χ0v) is 10.8. The highest BCUT2D eigenvalue weighted by molar-refractivity contribution is 6.30. The summed E-state index contributed by atoms with van der Waals surface area (Å²) in [7, 11) is 0. The summed E-state index contributed by atoms with van der Waals surface area (Å²) in [6.45, 7) is 4.53. The van der Waals surface area contributed by atoms with E-state index in [4.69, 9.17) is 16.9 Å². The van der Waals surface area contributed by atoms with Crippen LogP contribution in [0.1, 0.15) is 5.56 Å². The summed E-state index contributed by atoms with van der Waals surface area (Å²) >= 11 is 5.72. The van der Waals surface area contributed by atoms with Crippen molar-refractivity contribution >= 4 is 11.6 Å². The standard InChI is InChI=1S/C13H15ClFN3/c14-12-2-1-11(13(15)9-12)10-18-7-5-17(4-3-16)6-8-18/h1-2,9H,4-8,10H2. The Balaban J connectivity index is 1.90. The summed E-state index contributed by atoms with van der Waals surface area (Å²) in [4.78, 5) is 4.30. The molecule has 0 amide bonds. The van der Waals surface area contributed by atoms with Crippen molar-refractivity contribution in [3.63, 3.8) is 0 Å². The maximum absolute atomic E-state index is 13.6. The van der Waals surface area contributed by atoms with Gasteiger partial charge in [0.15, 0.2) is 0 Å². The number of rotatable bonds is 3. The van der Waals surface area contributed by atoms with Gasteiger partial charge in [0.05, 0.1) is 12.6 Å². The summed E-state index contributed by atoms with van der Waals surface area (Å²) in [5.74, 6) is -0.248. The van der Waals surface area contributed by atoms with E-state index in [-0.39, 0.29) is 5.82 Å². The summed E-state index contributed by atoms with van der Waals surface area (Å²) < 4.78 is 13.6. The maximum Gasteiger partial charge on any atom is 0.129 e. The van der Waals surface area contributed by atoms with Gasteiger partial charge in [0.2, 0.25) is 0 Å². The molecule has 18 heavy (non-hydrogen) atoms. The number of benzene rings is 1. The number of piperazine rings is 1. The van der Waals surface area contributed by atoms with Crippen molar-refractivity contribution in [3.8, 4) is 6.07 Å². The van der Waals surface area contributed by atoms with E-state index in [9.17, 15) is 4.39 Å². The first-order valence-electron chi connectivity index (χ1n) is 5.94. The summed E-state index contributed by atoms with van der Waals surface area (Å²) in [6, 6.07) is 6.95. The van der Waals surface area contributed by atoms with E-state index < -0.39 is 0 Å². The van der Waals surface area contributed by atoms with Gasteiger partial charge in [-0.25, -0.2) is 4.39 Å². The van der Waals surface area contributed by atoms with Gasteiger partial charge < -0.3 is 0 Å². The number of halogens is 2. The fourth-order valence-electron chi connectivity index (χ4n) is 2.10. The van der Waals surface area contributed by atoms with E-state index in [2.05, 4.69) is 15.9 Å². The highest BCUT2D eigenvalue weighted by atomic mass is 35.5. The summed E-state index contributed by atoms with van der Waals surface area (Å²) in [5, 5.41) is 9.04. The minimum atomic E-state index is -0.248. The molecule has 1 fully saturated rings. The molecule has 0 bridgehead atoms. The van der Waals surface area contributed by atoms with Gasteiger partial charge in [-0.15, -0.1) is 0 Å². The van der Waals surface area contributed by atoms with Gasteiger partial charge >= 0.3 is 0 Å². The lowest BCUT2D eigenvalue weighted by molar-refractivity contribution is 0.137. The largest absolute Gasteiger partial charge is 0.296 e. The topological polar surface area (TPSA) is 30.3 Å². The van der Waals surface area contributed by atoms with Crippen LogP contribution >= 0.6 is 11.6 Å². The van der Waals surface area contributed by atoms with Crippen LogP contribution in [0.4, 0.5) is 4.39 Å². The van der Waals surface area contributed by atoms with Gasteiger partial charge in [0.25, 0.3) is 0 Å². The van der Waals surface area contributed by atoms with Crippen LogP contribution in [-0.2, 0) is 6.54 Å². The molecule has 0 saturated carbocycles. The fraction of sp³-hybridized carbons (Fsp3) is 0.462. The van der Waals surface area contributed by atoms with Crippen molar-refractivity contribution in [2.75, 3.05) is 32.7 Å². The molecular weight excluding hydrogens is 253 g/mol. The molecule has 0 aliphatic carbocycles. The molecular formula is C13H15ClFN3. The molecule has 5 heteroatoms. The minimum Gasteiger partial charge on any atom is -0.296 e. The zero-order valence-electron chi connectivity index (χ0n) is 10.1. The van der Waals surface area contributed by atoms with E-state index in [1.807, 2.05) is 0 Å². The maximum atomic E-state index is 13.6. The van der Waals surface area contributed by atoms with E-state index in [1.54, 1.807) is 12.1 Å². The van der Waals surface area contributed by atoms with Crippen LogP contribution in [-0.4, -0.2) is 42.5 Å². The lowest BCUT2D eigenvalue weighted by atomic mass is 10.2. The van der Waals surface area contributed by atoms with Crippen LogP contribution in [0.5, 0.6) is 0 Å². The van der Waals surface area contributed by atoms with Gasteiger partial charge in [0, 0.05) is 43.3 Å². The Hall–Kier alpha value is -1.15. The molecule has 0 aromatic heterocycles. The predicted octanol–water partition coefficient (Wildman–Crippen LogP) is 2.12. The normalized spacial score (nSPS) is 17.6. The molecule has 2 rings (SSSR count). The molecule has 0 unspecified atom stereocenters. The number of nitrogens with zero attached hydrogens (tertiary/aromatic N) is 3. The SMILES string of the molecule is N#CCN1CCN(Cc2ccc(Cl)cc2F)CC1. The number of hydrogen-bond donors (Lipinski definition) is 0. The first-order valence-corrected chi connectivity index (χ1v) is 6.32. The molecule has 0 N–H and O–H groups in total. The third-order valence-electron chi connectivity index (χ3n) is 3.17. The van der Waals surface area contributed by atoms with Crippen molar-refractivity contribution in [2.24, 2.45) is 0 Å². The van der Waals surface area contributed by atoms with Crippen LogP contribution in [0.15, 0.2) is 18.2 Å². The minimum absolute atomic E-state index is 0.248. The molecule has 1 saturated heterocycles. The highest BCUT2D eigenvalue weighted by Crippen LogP contribution is 2.17. The average Bonchev–Trinajstić information content (AvgIpc) is 2.35. The Kier molecular flexibility index (Phi) is 4.54. The van der Waals surface area contributed by atoms with E-state index in [1.165, 1.54) is 6.07 Å². The number of nitriles is 1. The lowest BCUT2D eigenvalue weighted by Crippen LogP contribution is -2.45. The average molecular weight is 268 g/mol. The zero-order chi connectivity index (χ0) is 13.0. The van der Waals surface area contributed by atoms with E-state index in [0.717, 1.165) is 26.2 Å². The summed E-state index contributed by atoms with van der Waals surface area (Å²) in [6.07, 6.45) is 0. The summed E-state index contributed by atoms with van der Waals surface area (Å²) in [5.41, 5.74) is 0.674. The molecule has 1 aliphatic heterocycles. The first kappa shape index (κ1) is 13.3. The van der Waals surface area contributed by atoms with Gasteiger partial charge in [-0.2, -0.15) is 5.26 Å². The first-order chi connectivity index (χ1) is 8.69. The van der Waals surface area contributed by atoms with Crippen molar-refractivity contribution in [1.29, 1.82) is 5.26 Å². The van der Waals surface area contributed by atoms with Crippen molar-refractivity contribution in [3.05, 3.63) is 34.6 Å². The molecule has 0 atom stereocenters. The fourth-order valence-corrected chi connectivity index (χ4v) is 2.26. The Bertz CT molecular complexity index is 450. The van der Waals surface area contributed by atoms with Crippen molar-refractivity contribution in [1.82, 2.24) is 9.80 Å². The molecule has 0 radical (unpaired) electrons. The Morgan fingerprint density at radius 1 is 1.22 bits per heavy atom. The van der Waals surface area contributed by atoms with E-state index in [0.29, 0.717) is 23.7 Å². The van der Waals surface area contributed by atoms with E-state index >= 15 is 0 Å². The van der Waals surface area contributed by atoms with Crippen LogP contribution in [0.25, 0.3) is 0 Å². The second-order valence-corrected chi connectivity index (χ2v) is 4.88.